The Kier molecular flexibility index (Phi) is 6.98. The topological polar surface area (TPSA) is 81.7 Å². The Bertz CT molecular complexity index is 616. The van der Waals surface area contributed by atoms with E-state index in [0.717, 1.165) is 12.8 Å². The zero-order chi connectivity index (χ0) is 18.2. The standard InChI is InChI=1S/C19H25NO5/c1-13-6-5-8-16(14(13)2)20-18(22)11-25-19(23)12-24-17-9-4-3-7-15(17)10-21/h3-4,7,9-10,13-14,16H,5-6,8,11-12H2,1-2H3,(H,20,22)/t13-,14-,16+/m1/s1. The van der Waals surface area contributed by atoms with Crippen molar-refractivity contribution in [2.24, 2.45) is 11.8 Å². The number of hydrogen-bond acceptors (Lipinski definition) is 5. The number of aldehydes is 1. The van der Waals surface area contributed by atoms with Crippen LogP contribution in [-0.4, -0.2) is 37.4 Å². The first kappa shape index (κ1) is 19.0. The minimum Gasteiger partial charge on any atom is -0.481 e. The van der Waals surface area contributed by atoms with E-state index in [0.29, 0.717) is 29.4 Å². The van der Waals surface area contributed by atoms with Gasteiger partial charge in [-0.25, -0.2) is 4.79 Å². The molecule has 1 aromatic rings. The highest BCUT2D eigenvalue weighted by atomic mass is 16.6. The first-order chi connectivity index (χ1) is 12.0. The van der Waals surface area contributed by atoms with Crippen molar-refractivity contribution >= 4 is 18.2 Å². The minimum atomic E-state index is -0.652. The van der Waals surface area contributed by atoms with Gasteiger partial charge in [0.1, 0.15) is 5.75 Å². The Morgan fingerprint density at radius 1 is 1.20 bits per heavy atom. The lowest BCUT2D eigenvalue weighted by molar-refractivity contribution is -0.150. The average molecular weight is 347 g/mol. The largest absolute Gasteiger partial charge is 0.481 e. The van der Waals surface area contributed by atoms with E-state index in [9.17, 15) is 14.4 Å². The van der Waals surface area contributed by atoms with Gasteiger partial charge in [-0.1, -0.05) is 38.8 Å². The monoisotopic (exact) mass is 347 g/mol. The van der Waals surface area contributed by atoms with E-state index in [1.807, 2.05) is 0 Å². The van der Waals surface area contributed by atoms with Gasteiger partial charge in [-0.05, 0) is 30.4 Å². The zero-order valence-electron chi connectivity index (χ0n) is 14.7. The number of carbonyl (C=O) groups is 3. The number of esters is 1. The molecule has 0 bridgehead atoms. The molecule has 0 unspecified atom stereocenters. The van der Waals surface area contributed by atoms with E-state index in [2.05, 4.69) is 19.2 Å². The molecule has 1 amide bonds. The maximum Gasteiger partial charge on any atom is 0.344 e. The molecule has 2 rings (SSSR count). The van der Waals surface area contributed by atoms with Crippen molar-refractivity contribution in [3.05, 3.63) is 29.8 Å². The minimum absolute atomic E-state index is 0.130. The molecule has 0 aliphatic heterocycles. The molecule has 1 N–H and O–H groups in total. The summed E-state index contributed by atoms with van der Waals surface area (Å²) in [6, 6.07) is 6.72. The zero-order valence-corrected chi connectivity index (χ0v) is 14.7. The maximum absolute atomic E-state index is 12.0. The number of rotatable bonds is 7. The van der Waals surface area contributed by atoms with Gasteiger partial charge in [-0.15, -0.1) is 0 Å². The van der Waals surface area contributed by atoms with Gasteiger partial charge in [-0.3, -0.25) is 9.59 Å². The van der Waals surface area contributed by atoms with Crippen LogP contribution in [0.2, 0.25) is 0 Å². The van der Waals surface area contributed by atoms with Crippen LogP contribution >= 0.6 is 0 Å². The second-order valence-electron chi connectivity index (χ2n) is 6.55. The van der Waals surface area contributed by atoms with Crippen molar-refractivity contribution < 1.29 is 23.9 Å². The Hall–Kier alpha value is -2.37. The highest BCUT2D eigenvalue weighted by Crippen LogP contribution is 2.29. The Labute approximate surface area is 147 Å². The third-order valence-electron chi connectivity index (χ3n) is 4.81. The summed E-state index contributed by atoms with van der Waals surface area (Å²) in [4.78, 5) is 34.6. The van der Waals surface area contributed by atoms with E-state index < -0.39 is 5.97 Å². The maximum atomic E-state index is 12.0. The summed E-state index contributed by atoms with van der Waals surface area (Å²) in [5.41, 5.74) is 0.355. The summed E-state index contributed by atoms with van der Waals surface area (Å²) in [5, 5.41) is 2.94. The van der Waals surface area contributed by atoms with Crippen molar-refractivity contribution in [2.75, 3.05) is 13.2 Å². The van der Waals surface area contributed by atoms with Crippen LogP contribution in [-0.2, 0) is 14.3 Å². The summed E-state index contributed by atoms with van der Waals surface area (Å²) in [7, 11) is 0. The van der Waals surface area contributed by atoms with Gasteiger partial charge < -0.3 is 14.8 Å². The fraction of sp³-hybridized carbons (Fsp3) is 0.526. The van der Waals surface area contributed by atoms with E-state index in [4.69, 9.17) is 9.47 Å². The quantitative estimate of drug-likeness (QED) is 0.605. The molecular formula is C19H25NO5. The van der Waals surface area contributed by atoms with Crippen molar-refractivity contribution in [1.82, 2.24) is 5.32 Å². The van der Waals surface area contributed by atoms with Gasteiger partial charge in [-0.2, -0.15) is 0 Å². The molecule has 0 radical (unpaired) electrons. The Balaban J connectivity index is 1.72. The SMILES string of the molecule is C[C@@H]1[C@H](C)CCC[C@@H]1NC(=O)COC(=O)COc1ccccc1C=O. The molecule has 0 aromatic heterocycles. The second-order valence-corrected chi connectivity index (χ2v) is 6.55. The van der Waals surface area contributed by atoms with Crippen LogP contribution in [0.15, 0.2) is 24.3 Å². The van der Waals surface area contributed by atoms with Crippen LogP contribution in [0.25, 0.3) is 0 Å². The molecule has 0 saturated heterocycles. The number of carbonyl (C=O) groups excluding carboxylic acids is 3. The van der Waals surface area contributed by atoms with Crippen LogP contribution in [0.3, 0.4) is 0 Å². The predicted octanol–water partition coefficient (Wildman–Crippen LogP) is 2.36. The number of hydrogen-bond donors (Lipinski definition) is 1. The van der Waals surface area contributed by atoms with Crippen molar-refractivity contribution in [1.29, 1.82) is 0 Å². The fourth-order valence-corrected chi connectivity index (χ4v) is 3.07. The number of benzene rings is 1. The van der Waals surface area contributed by atoms with E-state index >= 15 is 0 Å². The Morgan fingerprint density at radius 2 is 1.96 bits per heavy atom. The third-order valence-corrected chi connectivity index (χ3v) is 4.81. The summed E-state index contributed by atoms with van der Waals surface area (Å²) < 4.78 is 10.2. The van der Waals surface area contributed by atoms with Crippen LogP contribution in [0, 0.1) is 11.8 Å². The predicted molar refractivity (Wildman–Crippen MR) is 92.4 cm³/mol. The molecular weight excluding hydrogens is 322 g/mol. The van der Waals surface area contributed by atoms with Gasteiger partial charge in [0.05, 0.1) is 5.56 Å². The van der Waals surface area contributed by atoms with Gasteiger partial charge in [0.25, 0.3) is 5.91 Å². The van der Waals surface area contributed by atoms with E-state index in [-0.39, 0.29) is 25.2 Å². The van der Waals surface area contributed by atoms with Crippen LogP contribution in [0.1, 0.15) is 43.5 Å². The van der Waals surface area contributed by atoms with Crippen molar-refractivity contribution in [3.63, 3.8) is 0 Å². The number of nitrogens with one attached hydrogen (secondary N) is 1. The molecule has 1 aliphatic rings. The first-order valence-corrected chi connectivity index (χ1v) is 8.63. The molecule has 6 heteroatoms. The molecule has 0 heterocycles. The second kappa shape index (κ2) is 9.20. The van der Waals surface area contributed by atoms with Crippen LogP contribution in [0.4, 0.5) is 0 Å². The lowest BCUT2D eigenvalue weighted by Crippen LogP contribution is -2.45. The molecule has 3 atom stereocenters. The molecule has 1 fully saturated rings. The van der Waals surface area contributed by atoms with Gasteiger partial charge in [0.15, 0.2) is 19.5 Å². The third kappa shape index (κ3) is 5.59. The van der Waals surface area contributed by atoms with Crippen LogP contribution < -0.4 is 10.1 Å². The molecule has 25 heavy (non-hydrogen) atoms. The number of para-hydroxylation sites is 1. The van der Waals surface area contributed by atoms with Crippen LogP contribution in [0.5, 0.6) is 5.75 Å². The smallest absolute Gasteiger partial charge is 0.344 e. The lowest BCUT2D eigenvalue weighted by Gasteiger charge is -2.34. The molecule has 1 aliphatic carbocycles. The fourth-order valence-electron chi connectivity index (χ4n) is 3.07. The summed E-state index contributed by atoms with van der Waals surface area (Å²) >= 11 is 0. The molecule has 6 nitrogen and oxygen atoms in total. The van der Waals surface area contributed by atoms with Crippen molar-refractivity contribution in [3.8, 4) is 5.75 Å². The van der Waals surface area contributed by atoms with Gasteiger partial charge in [0.2, 0.25) is 0 Å². The first-order valence-electron chi connectivity index (χ1n) is 8.63. The van der Waals surface area contributed by atoms with Gasteiger partial charge in [0, 0.05) is 6.04 Å². The molecule has 136 valence electrons. The van der Waals surface area contributed by atoms with E-state index in [1.54, 1.807) is 24.3 Å². The van der Waals surface area contributed by atoms with Gasteiger partial charge >= 0.3 is 5.97 Å². The highest BCUT2D eigenvalue weighted by molar-refractivity contribution is 5.82. The summed E-state index contributed by atoms with van der Waals surface area (Å²) in [6.45, 7) is 3.65. The van der Waals surface area contributed by atoms with E-state index in [1.165, 1.54) is 6.42 Å². The summed E-state index contributed by atoms with van der Waals surface area (Å²) in [5.74, 6) is 0.349. The Morgan fingerprint density at radius 3 is 2.72 bits per heavy atom. The highest BCUT2D eigenvalue weighted by Gasteiger charge is 2.28. The molecule has 0 spiro atoms. The number of ether oxygens (including phenoxy) is 2. The van der Waals surface area contributed by atoms with Crippen molar-refractivity contribution in [2.45, 2.75) is 39.2 Å². The summed E-state index contributed by atoms with van der Waals surface area (Å²) in [6.07, 6.45) is 3.89. The lowest BCUT2D eigenvalue weighted by atomic mass is 9.78. The normalized spacial score (nSPS) is 22.7. The number of amides is 1. The molecule has 1 saturated carbocycles. The average Bonchev–Trinajstić information content (AvgIpc) is 2.62. The molecule has 1 aromatic carbocycles.